The summed E-state index contributed by atoms with van der Waals surface area (Å²) in [4.78, 5) is 12.0. The number of aromatic nitrogens is 3. The smallest absolute Gasteiger partial charge is 0.253 e. The van der Waals surface area contributed by atoms with E-state index in [0.717, 1.165) is 37.5 Å². The van der Waals surface area contributed by atoms with E-state index in [1.807, 2.05) is 4.57 Å². The average molecular weight is 321 g/mol. The topological polar surface area (TPSA) is 80.0 Å². The first-order valence-electron chi connectivity index (χ1n) is 7.27. The number of nitrogens with zero attached hydrogens (tertiary/aromatic N) is 3. The molecule has 7 heteroatoms. The number of carbonyl (C=O) groups is 1. The van der Waals surface area contributed by atoms with Crippen LogP contribution in [0.3, 0.4) is 0 Å². The van der Waals surface area contributed by atoms with Crippen molar-refractivity contribution in [2.75, 3.05) is 0 Å². The Bertz CT molecular complexity index is 669. The van der Waals surface area contributed by atoms with Crippen LogP contribution in [0.25, 0.3) is 0 Å². The van der Waals surface area contributed by atoms with Crippen LogP contribution in [0.2, 0.25) is 5.02 Å². The van der Waals surface area contributed by atoms with Crippen molar-refractivity contribution in [3.63, 3.8) is 0 Å². The lowest BCUT2D eigenvalue weighted by Crippen LogP contribution is -2.30. The highest BCUT2D eigenvalue weighted by atomic mass is 35.5. The van der Waals surface area contributed by atoms with Gasteiger partial charge in [-0.05, 0) is 30.5 Å². The summed E-state index contributed by atoms with van der Waals surface area (Å²) in [6.07, 6.45) is 1.93. The van der Waals surface area contributed by atoms with E-state index in [4.69, 9.17) is 11.6 Å². The van der Waals surface area contributed by atoms with Gasteiger partial charge in [0.1, 0.15) is 5.82 Å². The minimum absolute atomic E-state index is 0.260. The first kappa shape index (κ1) is 15.0. The van der Waals surface area contributed by atoms with E-state index in [1.165, 1.54) is 0 Å². The highest BCUT2D eigenvalue weighted by Gasteiger charge is 2.19. The quantitative estimate of drug-likeness (QED) is 0.897. The lowest BCUT2D eigenvalue weighted by molar-refractivity contribution is -0.129. The van der Waals surface area contributed by atoms with Gasteiger partial charge in [0, 0.05) is 18.0 Å². The standard InChI is InChI=1S/C15H17ClN4O2/c16-11-6-4-10(5-7-11)14(21)15(22)17-9-13-19-18-12-3-1-2-8-20(12)13/h4-7,14,21H,1-3,8-9H2,(H,17,22). The molecule has 2 heterocycles. The van der Waals surface area contributed by atoms with Crippen LogP contribution in [-0.2, 0) is 24.3 Å². The number of aliphatic hydroxyl groups is 1. The molecule has 0 saturated heterocycles. The molecule has 1 aromatic heterocycles. The second-order valence-electron chi connectivity index (χ2n) is 5.31. The predicted octanol–water partition coefficient (Wildman–Crippen LogP) is 1.62. The molecule has 1 aromatic carbocycles. The molecule has 0 radical (unpaired) electrons. The van der Waals surface area contributed by atoms with Crippen LogP contribution in [0.1, 0.15) is 36.2 Å². The van der Waals surface area contributed by atoms with Crippen molar-refractivity contribution in [2.24, 2.45) is 0 Å². The van der Waals surface area contributed by atoms with Gasteiger partial charge in [-0.25, -0.2) is 0 Å². The molecule has 0 spiro atoms. The number of amides is 1. The fourth-order valence-corrected chi connectivity index (χ4v) is 2.68. The van der Waals surface area contributed by atoms with Gasteiger partial charge in [0.2, 0.25) is 0 Å². The summed E-state index contributed by atoms with van der Waals surface area (Å²) >= 11 is 5.79. The van der Waals surface area contributed by atoms with E-state index in [2.05, 4.69) is 15.5 Å². The maximum atomic E-state index is 12.0. The Labute approximate surface area is 133 Å². The first-order chi connectivity index (χ1) is 10.6. The van der Waals surface area contributed by atoms with Crippen molar-refractivity contribution >= 4 is 17.5 Å². The maximum Gasteiger partial charge on any atom is 0.253 e. The zero-order valence-electron chi connectivity index (χ0n) is 12.0. The van der Waals surface area contributed by atoms with Crippen molar-refractivity contribution in [1.29, 1.82) is 0 Å². The van der Waals surface area contributed by atoms with Crippen LogP contribution < -0.4 is 5.32 Å². The molecule has 0 bridgehead atoms. The molecule has 1 unspecified atom stereocenters. The molecule has 0 aliphatic carbocycles. The summed E-state index contributed by atoms with van der Waals surface area (Å²) in [6.45, 7) is 1.14. The van der Waals surface area contributed by atoms with E-state index in [0.29, 0.717) is 10.6 Å². The second-order valence-corrected chi connectivity index (χ2v) is 5.75. The summed E-state index contributed by atoms with van der Waals surface area (Å²) in [7, 11) is 0. The number of hydrogen-bond acceptors (Lipinski definition) is 4. The average Bonchev–Trinajstić information content (AvgIpc) is 2.96. The number of aryl methyl sites for hydroxylation is 1. The monoisotopic (exact) mass is 320 g/mol. The van der Waals surface area contributed by atoms with E-state index in [-0.39, 0.29) is 6.54 Å². The van der Waals surface area contributed by atoms with Gasteiger partial charge >= 0.3 is 0 Å². The summed E-state index contributed by atoms with van der Waals surface area (Å²) in [5.74, 6) is 1.23. The zero-order chi connectivity index (χ0) is 15.5. The second kappa shape index (κ2) is 6.46. The van der Waals surface area contributed by atoms with Gasteiger partial charge in [-0.3, -0.25) is 4.79 Å². The number of aliphatic hydroxyl groups excluding tert-OH is 1. The number of nitrogens with one attached hydrogen (secondary N) is 1. The third-order valence-corrected chi connectivity index (χ3v) is 4.04. The van der Waals surface area contributed by atoms with Crippen LogP contribution >= 0.6 is 11.6 Å². The summed E-state index contributed by atoms with van der Waals surface area (Å²) < 4.78 is 2.04. The molecule has 0 fully saturated rings. The Morgan fingerprint density at radius 1 is 1.32 bits per heavy atom. The van der Waals surface area contributed by atoms with Crippen molar-refractivity contribution in [3.05, 3.63) is 46.5 Å². The minimum Gasteiger partial charge on any atom is -0.378 e. The van der Waals surface area contributed by atoms with Crippen molar-refractivity contribution in [1.82, 2.24) is 20.1 Å². The SMILES string of the molecule is O=C(NCc1nnc2n1CCCC2)C(O)c1ccc(Cl)cc1. The number of benzene rings is 1. The minimum atomic E-state index is -1.22. The van der Waals surface area contributed by atoms with E-state index >= 15 is 0 Å². The van der Waals surface area contributed by atoms with Crippen LogP contribution in [0.15, 0.2) is 24.3 Å². The molecule has 3 rings (SSSR count). The zero-order valence-corrected chi connectivity index (χ0v) is 12.8. The molecular formula is C15H17ClN4O2. The van der Waals surface area contributed by atoms with Gasteiger partial charge < -0.3 is 15.0 Å². The maximum absolute atomic E-state index is 12.0. The molecular weight excluding hydrogens is 304 g/mol. The summed E-state index contributed by atoms with van der Waals surface area (Å²) in [5.41, 5.74) is 0.505. The van der Waals surface area contributed by atoms with Gasteiger partial charge in [0.05, 0.1) is 6.54 Å². The van der Waals surface area contributed by atoms with Crippen LogP contribution in [0, 0.1) is 0 Å². The van der Waals surface area contributed by atoms with Crippen molar-refractivity contribution < 1.29 is 9.90 Å². The molecule has 1 aliphatic heterocycles. The lowest BCUT2D eigenvalue weighted by Gasteiger charge is -2.15. The third kappa shape index (κ3) is 3.13. The molecule has 22 heavy (non-hydrogen) atoms. The van der Waals surface area contributed by atoms with Crippen LogP contribution in [0.5, 0.6) is 0 Å². The fraction of sp³-hybridized carbons (Fsp3) is 0.400. The summed E-state index contributed by atoms with van der Waals surface area (Å²) in [6, 6.07) is 6.54. The van der Waals surface area contributed by atoms with Gasteiger partial charge in [0.15, 0.2) is 11.9 Å². The predicted molar refractivity (Wildman–Crippen MR) is 81.2 cm³/mol. The first-order valence-corrected chi connectivity index (χ1v) is 7.65. The summed E-state index contributed by atoms with van der Waals surface area (Å²) in [5, 5.41) is 21.6. The van der Waals surface area contributed by atoms with Crippen LogP contribution in [-0.4, -0.2) is 25.8 Å². The van der Waals surface area contributed by atoms with Gasteiger partial charge in [-0.2, -0.15) is 0 Å². The highest BCUT2D eigenvalue weighted by molar-refractivity contribution is 6.30. The Balaban J connectivity index is 1.62. The number of halogens is 1. The molecule has 2 aromatic rings. The van der Waals surface area contributed by atoms with Gasteiger partial charge in [0.25, 0.3) is 5.91 Å². The fourth-order valence-electron chi connectivity index (χ4n) is 2.56. The lowest BCUT2D eigenvalue weighted by atomic mass is 10.1. The number of fused-ring (bicyclic) bond motifs is 1. The van der Waals surface area contributed by atoms with E-state index < -0.39 is 12.0 Å². The largest absolute Gasteiger partial charge is 0.378 e. The highest BCUT2D eigenvalue weighted by Crippen LogP contribution is 2.17. The number of hydrogen-bond donors (Lipinski definition) is 2. The van der Waals surface area contributed by atoms with E-state index in [9.17, 15) is 9.90 Å². The van der Waals surface area contributed by atoms with Crippen LogP contribution in [0.4, 0.5) is 0 Å². The molecule has 2 N–H and O–H groups in total. The molecule has 1 aliphatic rings. The molecule has 0 saturated carbocycles. The molecule has 116 valence electrons. The normalized spacial score (nSPS) is 15.2. The molecule has 1 amide bonds. The Morgan fingerprint density at radius 2 is 2.09 bits per heavy atom. The molecule has 6 nitrogen and oxygen atoms in total. The molecule has 1 atom stereocenters. The number of rotatable bonds is 4. The van der Waals surface area contributed by atoms with Gasteiger partial charge in [-0.1, -0.05) is 23.7 Å². The Hall–Kier alpha value is -1.92. The van der Waals surface area contributed by atoms with E-state index in [1.54, 1.807) is 24.3 Å². The van der Waals surface area contributed by atoms with Crippen molar-refractivity contribution in [2.45, 2.75) is 38.5 Å². The van der Waals surface area contributed by atoms with Crippen molar-refractivity contribution in [3.8, 4) is 0 Å². The Kier molecular flexibility index (Phi) is 4.40. The van der Waals surface area contributed by atoms with Gasteiger partial charge in [-0.15, -0.1) is 10.2 Å². The number of carbonyl (C=O) groups excluding carboxylic acids is 1. The third-order valence-electron chi connectivity index (χ3n) is 3.79. The Morgan fingerprint density at radius 3 is 2.86 bits per heavy atom.